The Kier molecular flexibility index (Phi) is 4.02. The number of aromatic nitrogens is 1. The summed E-state index contributed by atoms with van der Waals surface area (Å²) in [6, 6.07) is 8.62. The Morgan fingerprint density at radius 2 is 1.89 bits per heavy atom. The first-order valence-electron chi connectivity index (χ1n) is 6.44. The van der Waals surface area contributed by atoms with E-state index in [4.69, 9.17) is 5.73 Å². The fourth-order valence-corrected chi connectivity index (χ4v) is 2.80. The van der Waals surface area contributed by atoms with Gasteiger partial charge in [0.1, 0.15) is 10.7 Å². The van der Waals surface area contributed by atoms with E-state index >= 15 is 0 Å². The molecule has 1 aromatic carbocycles. The number of hydrogen-bond donors (Lipinski definition) is 1. The molecule has 0 bridgehead atoms. The number of anilines is 1. The van der Waals surface area contributed by atoms with E-state index in [2.05, 4.69) is 50.0 Å². The lowest BCUT2D eigenvalue weighted by atomic mass is 10.0. The van der Waals surface area contributed by atoms with Crippen LogP contribution in [-0.2, 0) is 12.8 Å². The number of aryl methyl sites for hydroxylation is 1. The van der Waals surface area contributed by atoms with E-state index in [-0.39, 0.29) is 0 Å². The first-order valence-corrected chi connectivity index (χ1v) is 7.26. The van der Waals surface area contributed by atoms with E-state index in [1.807, 2.05) is 0 Å². The molecule has 2 nitrogen and oxygen atoms in total. The maximum atomic E-state index is 6.02. The van der Waals surface area contributed by atoms with Gasteiger partial charge in [0.15, 0.2) is 0 Å². The fraction of sp³-hybridized carbons (Fsp3) is 0.400. The van der Waals surface area contributed by atoms with Crippen LogP contribution in [0.25, 0.3) is 11.3 Å². The standard InChI is InChI=1S/C15H20N2S/c1-4-13-17-14(15(16)18-13)12-7-5-11(6-8-12)9-10(2)3/h5-8,10H,4,9,16H2,1-3H3. The normalized spacial score (nSPS) is 11.1. The van der Waals surface area contributed by atoms with Crippen molar-refractivity contribution in [2.24, 2.45) is 5.92 Å². The molecule has 0 aliphatic carbocycles. The minimum absolute atomic E-state index is 0.687. The van der Waals surface area contributed by atoms with Crippen LogP contribution < -0.4 is 5.73 Å². The highest BCUT2D eigenvalue weighted by molar-refractivity contribution is 7.16. The molecule has 0 amide bonds. The van der Waals surface area contributed by atoms with Crippen LogP contribution in [0, 0.1) is 5.92 Å². The van der Waals surface area contributed by atoms with Crippen molar-refractivity contribution in [2.45, 2.75) is 33.6 Å². The van der Waals surface area contributed by atoms with Gasteiger partial charge in [-0.2, -0.15) is 0 Å². The zero-order valence-electron chi connectivity index (χ0n) is 11.2. The Labute approximate surface area is 113 Å². The van der Waals surface area contributed by atoms with Crippen LogP contribution in [0.2, 0.25) is 0 Å². The van der Waals surface area contributed by atoms with Crippen LogP contribution in [0.4, 0.5) is 5.00 Å². The number of thiazole rings is 1. The second-order valence-electron chi connectivity index (χ2n) is 4.97. The van der Waals surface area contributed by atoms with E-state index in [1.54, 1.807) is 11.3 Å². The van der Waals surface area contributed by atoms with Crippen LogP contribution in [0.15, 0.2) is 24.3 Å². The summed E-state index contributed by atoms with van der Waals surface area (Å²) in [6.45, 7) is 6.58. The zero-order chi connectivity index (χ0) is 13.1. The van der Waals surface area contributed by atoms with Crippen molar-refractivity contribution in [3.8, 4) is 11.3 Å². The number of nitrogens with two attached hydrogens (primary N) is 1. The molecule has 0 unspecified atom stereocenters. The molecule has 1 aromatic heterocycles. The van der Waals surface area contributed by atoms with Crippen molar-refractivity contribution in [3.63, 3.8) is 0 Å². The Morgan fingerprint density at radius 3 is 2.39 bits per heavy atom. The summed E-state index contributed by atoms with van der Waals surface area (Å²) in [5.74, 6) is 0.687. The molecular formula is C15H20N2S. The fourth-order valence-electron chi connectivity index (χ4n) is 2.01. The van der Waals surface area contributed by atoms with Crippen LogP contribution in [-0.4, -0.2) is 4.98 Å². The molecule has 0 spiro atoms. The average Bonchev–Trinajstić information content (AvgIpc) is 2.71. The molecule has 0 saturated carbocycles. The van der Waals surface area contributed by atoms with Crippen LogP contribution in [0.1, 0.15) is 31.3 Å². The SMILES string of the molecule is CCc1nc(-c2ccc(CC(C)C)cc2)c(N)s1. The maximum Gasteiger partial charge on any atom is 0.114 e. The smallest absolute Gasteiger partial charge is 0.114 e. The van der Waals surface area contributed by atoms with Crippen molar-refractivity contribution in [1.82, 2.24) is 4.98 Å². The Bertz CT molecular complexity index is 512. The Morgan fingerprint density at radius 1 is 1.22 bits per heavy atom. The maximum absolute atomic E-state index is 6.02. The lowest BCUT2D eigenvalue weighted by Gasteiger charge is -2.05. The van der Waals surface area contributed by atoms with Gasteiger partial charge < -0.3 is 5.73 Å². The molecule has 2 N–H and O–H groups in total. The number of hydrogen-bond acceptors (Lipinski definition) is 3. The highest BCUT2D eigenvalue weighted by Crippen LogP contribution is 2.31. The molecule has 18 heavy (non-hydrogen) atoms. The van der Waals surface area contributed by atoms with Crippen molar-refractivity contribution < 1.29 is 0 Å². The molecule has 0 radical (unpaired) electrons. The predicted octanol–water partition coefficient (Wildman–Crippen LogP) is 4.15. The van der Waals surface area contributed by atoms with Gasteiger partial charge >= 0.3 is 0 Å². The van der Waals surface area contributed by atoms with Crippen molar-refractivity contribution in [1.29, 1.82) is 0 Å². The minimum Gasteiger partial charge on any atom is -0.389 e. The van der Waals surface area contributed by atoms with Gasteiger partial charge in [-0.15, -0.1) is 11.3 Å². The van der Waals surface area contributed by atoms with Crippen molar-refractivity contribution in [3.05, 3.63) is 34.8 Å². The summed E-state index contributed by atoms with van der Waals surface area (Å²) in [6.07, 6.45) is 2.06. The molecule has 0 atom stereocenters. The largest absolute Gasteiger partial charge is 0.389 e. The molecule has 0 fully saturated rings. The Balaban J connectivity index is 2.25. The molecule has 0 aliphatic heterocycles. The van der Waals surface area contributed by atoms with E-state index < -0.39 is 0 Å². The third-order valence-electron chi connectivity index (χ3n) is 2.87. The third kappa shape index (κ3) is 2.91. The summed E-state index contributed by atoms with van der Waals surface area (Å²) in [7, 11) is 0. The van der Waals surface area contributed by atoms with E-state index in [0.29, 0.717) is 5.92 Å². The summed E-state index contributed by atoms with van der Waals surface area (Å²) < 4.78 is 0. The minimum atomic E-state index is 0.687. The van der Waals surface area contributed by atoms with Gasteiger partial charge in [0.2, 0.25) is 0 Å². The van der Waals surface area contributed by atoms with Gasteiger partial charge in [-0.3, -0.25) is 0 Å². The van der Waals surface area contributed by atoms with Gasteiger partial charge in [0.05, 0.1) is 5.01 Å². The van der Waals surface area contributed by atoms with Gasteiger partial charge in [0.25, 0.3) is 0 Å². The molecule has 0 saturated heterocycles. The number of benzene rings is 1. The monoisotopic (exact) mass is 260 g/mol. The van der Waals surface area contributed by atoms with Gasteiger partial charge in [-0.05, 0) is 24.3 Å². The first-order chi connectivity index (χ1) is 8.60. The molecular weight excluding hydrogens is 240 g/mol. The average molecular weight is 260 g/mol. The van der Waals surface area contributed by atoms with Crippen LogP contribution in [0.5, 0.6) is 0 Å². The van der Waals surface area contributed by atoms with Gasteiger partial charge in [-0.25, -0.2) is 4.98 Å². The van der Waals surface area contributed by atoms with Crippen LogP contribution >= 0.6 is 11.3 Å². The van der Waals surface area contributed by atoms with Crippen LogP contribution in [0.3, 0.4) is 0 Å². The number of rotatable bonds is 4. The molecule has 1 heterocycles. The molecule has 3 heteroatoms. The van der Waals surface area contributed by atoms with Crippen molar-refractivity contribution in [2.75, 3.05) is 5.73 Å². The van der Waals surface area contributed by atoms with E-state index in [0.717, 1.165) is 34.1 Å². The summed E-state index contributed by atoms with van der Waals surface area (Å²) in [5, 5.41) is 1.93. The molecule has 2 aromatic rings. The summed E-state index contributed by atoms with van der Waals surface area (Å²) >= 11 is 1.59. The highest BCUT2D eigenvalue weighted by Gasteiger charge is 2.09. The second kappa shape index (κ2) is 5.53. The molecule has 2 rings (SSSR count). The molecule has 96 valence electrons. The van der Waals surface area contributed by atoms with Gasteiger partial charge in [0, 0.05) is 5.56 Å². The zero-order valence-corrected chi connectivity index (χ0v) is 12.1. The van der Waals surface area contributed by atoms with Crippen molar-refractivity contribution >= 4 is 16.3 Å². The number of nitrogen functional groups attached to an aromatic ring is 1. The molecule has 0 aliphatic rings. The highest BCUT2D eigenvalue weighted by atomic mass is 32.1. The van der Waals surface area contributed by atoms with E-state index in [1.165, 1.54) is 5.56 Å². The number of nitrogens with zero attached hydrogens (tertiary/aromatic N) is 1. The summed E-state index contributed by atoms with van der Waals surface area (Å²) in [5.41, 5.74) is 9.46. The summed E-state index contributed by atoms with van der Waals surface area (Å²) in [4.78, 5) is 4.58. The lowest BCUT2D eigenvalue weighted by Crippen LogP contribution is -1.94. The first kappa shape index (κ1) is 13.1. The van der Waals surface area contributed by atoms with Gasteiger partial charge in [-0.1, -0.05) is 45.0 Å². The third-order valence-corrected chi connectivity index (χ3v) is 3.90. The van der Waals surface area contributed by atoms with E-state index in [9.17, 15) is 0 Å². The lowest BCUT2D eigenvalue weighted by molar-refractivity contribution is 0.647. The quantitative estimate of drug-likeness (QED) is 0.896. The predicted molar refractivity (Wildman–Crippen MR) is 79.9 cm³/mol. The topological polar surface area (TPSA) is 38.9 Å². The Hall–Kier alpha value is -1.35. The second-order valence-corrected chi connectivity index (χ2v) is 6.08.